The monoisotopic (exact) mass is 532 g/mol. The number of rotatable bonds is 0. The molecule has 0 spiro atoms. The average molecular weight is 531 g/mol. The van der Waals surface area contributed by atoms with E-state index in [2.05, 4.69) is 24.4 Å². The zero-order valence-corrected chi connectivity index (χ0v) is 13.1. The molecule has 0 N–H and O–H groups in total. The molecule has 0 aromatic rings. The summed E-state index contributed by atoms with van der Waals surface area (Å²) in [6, 6.07) is 0. The Kier molecular flexibility index (Phi) is 112. The van der Waals surface area contributed by atoms with E-state index in [0.717, 1.165) is 0 Å². The normalized spacial score (nSPS) is 2.00. The molecule has 0 saturated heterocycles. The third-order valence-corrected chi connectivity index (χ3v) is 0. The van der Waals surface area contributed by atoms with Crippen LogP contribution in [0.5, 0.6) is 0 Å². The fourth-order valence-electron chi connectivity index (χ4n) is 0. The van der Waals surface area contributed by atoms with Gasteiger partial charge < -0.3 is 10.8 Å². The van der Waals surface area contributed by atoms with E-state index in [4.69, 9.17) is 10.8 Å². The molecule has 0 aliphatic carbocycles. The minimum atomic E-state index is 0. The van der Waals surface area contributed by atoms with Gasteiger partial charge in [0.1, 0.15) is 0 Å². The molecule has 0 unspecified atom stereocenters. The van der Waals surface area contributed by atoms with Gasteiger partial charge in [0.2, 0.25) is 0 Å². The SMILES string of the molecule is [N-]=C=S.[N-]=C=S.[Pb+2].[Pb]. The molecule has 0 atom stereocenters. The van der Waals surface area contributed by atoms with Crippen LogP contribution in [0.1, 0.15) is 0 Å². The fraction of sp³-hybridized carbons (Fsp3) is 0. The zero-order valence-electron chi connectivity index (χ0n) is 3.71. The summed E-state index contributed by atoms with van der Waals surface area (Å²) >= 11 is 7.40. The molecule has 0 aliphatic heterocycles. The van der Waals surface area contributed by atoms with Crippen molar-refractivity contribution < 1.29 is 0 Å². The second kappa shape index (κ2) is 39.4. The Morgan fingerprint density at radius 3 is 1.00 bits per heavy atom. The third kappa shape index (κ3) is 148. The summed E-state index contributed by atoms with van der Waals surface area (Å²) in [4.78, 5) is 0. The average Bonchev–Trinajstić information content (AvgIpc) is 1.39. The van der Waals surface area contributed by atoms with Gasteiger partial charge in [-0.25, -0.2) is 0 Å². The van der Waals surface area contributed by atoms with E-state index < -0.39 is 0 Å². The van der Waals surface area contributed by atoms with Gasteiger partial charge in [-0.3, -0.25) is 0 Å². The van der Waals surface area contributed by atoms with Gasteiger partial charge in [0.05, 0.1) is 0 Å². The van der Waals surface area contributed by atoms with E-state index in [-0.39, 0.29) is 54.6 Å². The number of nitrogens with zero attached hydrogens (tertiary/aromatic N) is 2. The molecule has 6 radical (unpaired) electrons. The summed E-state index contributed by atoms with van der Waals surface area (Å²) in [5.74, 6) is 0. The van der Waals surface area contributed by atoms with E-state index in [1.165, 1.54) is 10.3 Å². The van der Waals surface area contributed by atoms with Crippen molar-refractivity contribution in [1.82, 2.24) is 0 Å². The molecule has 0 rings (SSSR count). The molecule has 0 heterocycles. The van der Waals surface area contributed by atoms with Crippen LogP contribution >= 0.6 is 24.4 Å². The Morgan fingerprint density at radius 1 is 1.00 bits per heavy atom. The largest absolute Gasteiger partial charge is 2.00 e. The van der Waals surface area contributed by atoms with Crippen LogP contribution in [0.3, 0.4) is 0 Å². The van der Waals surface area contributed by atoms with Crippen LogP contribution in [-0.4, -0.2) is 64.9 Å². The van der Waals surface area contributed by atoms with Crippen molar-refractivity contribution in [2.24, 2.45) is 0 Å². The first-order valence-electron chi connectivity index (χ1n) is 0.855. The van der Waals surface area contributed by atoms with Gasteiger partial charge in [-0.1, -0.05) is 24.4 Å². The Bertz CT molecular complexity index is 70.0. The van der Waals surface area contributed by atoms with Crippen molar-refractivity contribution >= 4 is 89.4 Å². The topological polar surface area (TPSA) is 44.6 Å². The molecule has 8 heavy (non-hydrogen) atoms. The van der Waals surface area contributed by atoms with Gasteiger partial charge in [-0.2, -0.15) is 10.3 Å². The van der Waals surface area contributed by atoms with Crippen LogP contribution in [0.15, 0.2) is 0 Å². The summed E-state index contributed by atoms with van der Waals surface area (Å²) < 4.78 is 0. The van der Waals surface area contributed by atoms with Crippen molar-refractivity contribution in [2.45, 2.75) is 0 Å². The maximum Gasteiger partial charge on any atom is 2.00 e. The minimum Gasteiger partial charge on any atom is -0.753 e. The van der Waals surface area contributed by atoms with Crippen molar-refractivity contribution in [3.63, 3.8) is 0 Å². The molecule has 0 aromatic carbocycles. The van der Waals surface area contributed by atoms with Crippen LogP contribution in [0.4, 0.5) is 0 Å². The first kappa shape index (κ1) is 22.7. The molecule has 0 aliphatic rings. The number of hydrogen-bond donors (Lipinski definition) is 0. The summed E-state index contributed by atoms with van der Waals surface area (Å²) in [7, 11) is 0. The smallest absolute Gasteiger partial charge is 0.753 e. The molecule has 0 amide bonds. The van der Waals surface area contributed by atoms with Gasteiger partial charge >= 0.3 is 27.3 Å². The molecule has 0 bridgehead atoms. The van der Waals surface area contributed by atoms with Gasteiger partial charge in [-0.05, 0) is 0 Å². The van der Waals surface area contributed by atoms with Crippen LogP contribution in [-0.2, 0) is 0 Å². The van der Waals surface area contributed by atoms with Crippen molar-refractivity contribution in [1.29, 1.82) is 0 Å². The zero-order chi connectivity index (χ0) is 5.41. The molecule has 38 valence electrons. The Labute approximate surface area is 98.8 Å². The maximum absolute atomic E-state index is 7.13. The molecule has 0 aromatic heterocycles. The molecule has 0 fully saturated rings. The summed E-state index contributed by atoms with van der Waals surface area (Å²) in [6.45, 7) is 0. The van der Waals surface area contributed by atoms with E-state index >= 15 is 0 Å². The van der Waals surface area contributed by atoms with Crippen LogP contribution in [0.25, 0.3) is 10.8 Å². The fourth-order valence-corrected chi connectivity index (χ4v) is 0. The number of thiocarbonyl (C=S) groups is 2. The number of hydrogen-bond acceptors (Lipinski definition) is 2. The van der Waals surface area contributed by atoms with Gasteiger partial charge in [0, 0.05) is 27.3 Å². The van der Waals surface area contributed by atoms with E-state index in [0.29, 0.717) is 0 Å². The first-order valence-corrected chi connectivity index (χ1v) is 1.67. The van der Waals surface area contributed by atoms with Crippen LogP contribution in [0.2, 0.25) is 0 Å². The van der Waals surface area contributed by atoms with Crippen LogP contribution < -0.4 is 0 Å². The van der Waals surface area contributed by atoms with E-state index in [9.17, 15) is 0 Å². The van der Waals surface area contributed by atoms with E-state index in [1.807, 2.05) is 0 Å². The van der Waals surface area contributed by atoms with Crippen molar-refractivity contribution in [3.8, 4) is 0 Å². The number of isothiocyanates is 2. The summed E-state index contributed by atoms with van der Waals surface area (Å²) in [5, 5.41) is 16.9. The molecule has 2 nitrogen and oxygen atoms in total. The second-order valence-corrected chi connectivity index (χ2v) is 0.548. The first-order chi connectivity index (χ1) is 2.83. The Morgan fingerprint density at radius 2 is 1.00 bits per heavy atom. The second-order valence-electron chi connectivity index (χ2n) is 0.183. The third-order valence-electron chi connectivity index (χ3n) is 0. The Hall–Kier alpha value is 1.44. The molecule has 0 saturated carbocycles. The Balaban J connectivity index is -0.0000000160. The summed E-state index contributed by atoms with van der Waals surface area (Å²) in [6.07, 6.45) is 0. The van der Waals surface area contributed by atoms with Gasteiger partial charge in [0.25, 0.3) is 0 Å². The van der Waals surface area contributed by atoms with Gasteiger partial charge in [0.15, 0.2) is 0 Å². The van der Waals surface area contributed by atoms with Crippen molar-refractivity contribution in [2.75, 3.05) is 0 Å². The maximum atomic E-state index is 7.13. The van der Waals surface area contributed by atoms with Gasteiger partial charge in [-0.15, -0.1) is 0 Å². The minimum absolute atomic E-state index is 0. The molecule has 6 heteroatoms. The predicted octanol–water partition coefficient (Wildman–Crippen LogP) is 0.556. The quantitative estimate of drug-likeness (QED) is 0.261. The van der Waals surface area contributed by atoms with Crippen molar-refractivity contribution in [3.05, 3.63) is 10.8 Å². The standard InChI is InChI=1S/2CNS.2Pb/c2*2-1-3;;/q2*-1;;+2. The molecular formula is C2N2Pb2S2. The van der Waals surface area contributed by atoms with Crippen LogP contribution in [0, 0.1) is 0 Å². The summed E-state index contributed by atoms with van der Waals surface area (Å²) in [5.41, 5.74) is 0. The van der Waals surface area contributed by atoms with E-state index in [1.54, 1.807) is 0 Å². The predicted molar refractivity (Wildman–Crippen MR) is 43.4 cm³/mol. The molecular weight excluding hydrogens is 531 g/mol.